The number of thiophene rings is 1. The molecule has 2 atom stereocenters. The lowest BCUT2D eigenvalue weighted by atomic mass is 9.92. The van der Waals surface area contributed by atoms with Gasteiger partial charge in [0.25, 0.3) is 0 Å². The molecule has 3 heterocycles. The number of carbonyl (C=O) groups is 1. The summed E-state index contributed by atoms with van der Waals surface area (Å²) in [7, 11) is 0. The first-order chi connectivity index (χ1) is 9.72. The van der Waals surface area contributed by atoms with Crippen LogP contribution in [0, 0.1) is 11.8 Å². The summed E-state index contributed by atoms with van der Waals surface area (Å²) in [5, 5.41) is 5.56. The first kappa shape index (κ1) is 17.3. The Labute approximate surface area is 145 Å². The summed E-state index contributed by atoms with van der Waals surface area (Å²) in [6, 6.07) is 2.12. The maximum Gasteiger partial charge on any atom is 0.222 e. The Balaban J connectivity index is 0.00000161. The molecule has 2 aliphatic heterocycles. The van der Waals surface area contributed by atoms with Crippen LogP contribution in [0.1, 0.15) is 24.1 Å². The molecule has 0 spiro atoms. The van der Waals surface area contributed by atoms with Crippen molar-refractivity contribution in [2.45, 2.75) is 25.7 Å². The molecule has 0 aliphatic carbocycles. The largest absolute Gasteiger partial charge is 0.343 e. The smallest absolute Gasteiger partial charge is 0.222 e. The van der Waals surface area contributed by atoms with Crippen LogP contribution in [0.4, 0.5) is 0 Å². The Morgan fingerprint density at radius 2 is 2.00 bits per heavy atom. The fourth-order valence-electron chi connectivity index (χ4n) is 3.34. The third kappa shape index (κ3) is 4.44. The van der Waals surface area contributed by atoms with E-state index in [1.54, 1.807) is 11.3 Å². The van der Waals surface area contributed by atoms with Crippen molar-refractivity contribution in [3.05, 3.63) is 20.8 Å². The van der Waals surface area contributed by atoms with E-state index in [9.17, 15) is 4.79 Å². The number of aryl methyl sites for hydroxylation is 1. The number of nitrogens with one attached hydrogen (secondary N) is 1. The van der Waals surface area contributed by atoms with E-state index in [0.29, 0.717) is 12.3 Å². The van der Waals surface area contributed by atoms with Crippen LogP contribution in [-0.2, 0) is 11.2 Å². The van der Waals surface area contributed by atoms with Crippen LogP contribution in [0.15, 0.2) is 15.9 Å². The van der Waals surface area contributed by atoms with E-state index in [1.165, 1.54) is 17.7 Å². The van der Waals surface area contributed by atoms with Crippen molar-refractivity contribution in [1.82, 2.24) is 10.2 Å². The molecule has 3 nitrogen and oxygen atoms in total. The van der Waals surface area contributed by atoms with Crippen LogP contribution >= 0.6 is 39.7 Å². The summed E-state index contributed by atoms with van der Waals surface area (Å²) < 4.78 is 1.13. The van der Waals surface area contributed by atoms with Gasteiger partial charge in [0, 0.05) is 34.2 Å². The van der Waals surface area contributed by atoms with Gasteiger partial charge in [-0.05, 0) is 66.2 Å². The van der Waals surface area contributed by atoms with Gasteiger partial charge in [0.1, 0.15) is 0 Å². The van der Waals surface area contributed by atoms with Crippen molar-refractivity contribution >= 4 is 45.6 Å². The van der Waals surface area contributed by atoms with Crippen LogP contribution in [0.2, 0.25) is 0 Å². The highest BCUT2D eigenvalue weighted by Gasteiger charge is 2.31. The lowest BCUT2D eigenvalue weighted by molar-refractivity contribution is -0.131. The molecular weight excluding hydrogens is 372 g/mol. The Kier molecular flexibility index (Phi) is 6.53. The molecule has 0 unspecified atom stereocenters. The van der Waals surface area contributed by atoms with Crippen molar-refractivity contribution in [3.8, 4) is 0 Å². The number of rotatable bonds is 3. The predicted molar refractivity (Wildman–Crippen MR) is 93.3 cm³/mol. The third-order valence-electron chi connectivity index (χ3n) is 4.58. The van der Waals surface area contributed by atoms with Gasteiger partial charge in [-0.2, -0.15) is 0 Å². The molecule has 1 aromatic heterocycles. The van der Waals surface area contributed by atoms with E-state index in [2.05, 4.69) is 37.6 Å². The molecule has 6 heteroatoms. The zero-order valence-corrected chi connectivity index (χ0v) is 15.2. The molecule has 0 radical (unpaired) electrons. The van der Waals surface area contributed by atoms with Crippen molar-refractivity contribution in [2.24, 2.45) is 11.8 Å². The maximum atomic E-state index is 12.4. The number of nitrogens with zero attached hydrogens (tertiary/aromatic N) is 1. The minimum Gasteiger partial charge on any atom is -0.343 e. The molecule has 0 bridgehead atoms. The van der Waals surface area contributed by atoms with Gasteiger partial charge < -0.3 is 10.2 Å². The van der Waals surface area contributed by atoms with E-state index in [-0.39, 0.29) is 12.4 Å². The normalized spacial score (nSPS) is 25.1. The standard InChI is InChI=1S/C15H21BrN2OS.ClH/c16-13-7-14(20-10-13)1-2-15(19)18-5-3-11-8-17-9-12(11)4-6-18;/h7,10-12,17H,1-6,8-9H2;1H/t11-,12+;. The van der Waals surface area contributed by atoms with Crippen LogP contribution in [0.5, 0.6) is 0 Å². The summed E-state index contributed by atoms with van der Waals surface area (Å²) in [5.41, 5.74) is 0. The van der Waals surface area contributed by atoms with Gasteiger partial charge in [-0.3, -0.25) is 4.79 Å². The fourth-order valence-corrected chi connectivity index (χ4v) is 4.80. The average Bonchev–Trinajstić information content (AvgIpc) is 3.01. The van der Waals surface area contributed by atoms with Gasteiger partial charge in [0.15, 0.2) is 0 Å². The second kappa shape index (κ2) is 7.95. The highest BCUT2D eigenvalue weighted by molar-refractivity contribution is 9.10. The number of carbonyl (C=O) groups excluding carboxylic acids is 1. The molecule has 1 amide bonds. The van der Waals surface area contributed by atoms with E-state index in [1.807, 2.05) is 0 Å². The van der Waals surface area contributed by atoms with Crippen molar-refractivity contribution in [2.75, 3.05) is 26.2 Å². The molecule has 2 saturated heterocycles. The number of fused-ring (bicyclic) bond motifs is 1. The Bertz CT molecular complexity index is 468. The fraction of sp³-hybridized carbons (Fsp3) is 0.667. The van der Waals surface area contributed by atoms with Crippen molar-refractivity contribution in [1.29, 1.82) is 0 Å². The summed E-state index contributed by atoms with van der Waals surface area (Å²) in [6.45, 7) is 4.21. The third-order valence-corrected chi connectivity index (χ3v) is 6.34. The molecule has 0 saturated carbocycles. The molecule has 21 heavy (non-hydrogen) atoms. The molecular formula is C15H22BrClN2OS. The number of amides is 1. The molecule has 1 N–H and O–H groups in total. The van der Waals surface area contributed by atoms with Crippen molar-refractivity contribution in [3.63, 3.8) is 0 Å². The lowest BCUT2D eigenvalue weighted by Crippen LogP contribution is -2.32. The second-order valence-electron chi connectivity index (χ2n) is 5.87. The van der Waals surface area contributed by atoms with Crippen molar-refractivity contribution < 1.29 is 4.79 Å². The quantitative estimate of drug-likeness (QED) is 0.854. The zero-order chi connectivity index (χ0) is 13.9. The molecule has 0 aromatic carbocycles. The highest BCUT2D eigenvalue weighted by atomic mass is 79.9. The summed E-state index contributed by atoms with van der Waals surface area (Å²) in [6.07, 6.45) is 3.88. The summed E-state index contributed by atoms with van der Waals surface area (Å²) >= 11 is 5.19. The van der Waals surface area contributed by atoms with Gasteiger partial charge in [-0.1, -0.05) is 0 Å². The van der Waals surface area contributed by atoms with Crippen LogP contribution in [-0.4, -0.2) is 37.0 Å². The topological polar surface area (TPSA) is 32.3 Å². The predicted octanol–water partition coefficient (Wildman–Crippen LogP) is 3.32. The van der Waals surface area contributed by atoms with Crippen LogP contribution < -0.4 is 5.32 Å². The number of likely N-dealkylation sites (tertiary alicyclic amines) is 1. The lowest BCUT2D eigenvalue weighted by Gasteiger charge is -2.20. The Morgan fingerprint density at radius 3 is 2.57 bits per heavy atom. The van der Waals surface area contributed by atoms with Gasteiger partial charge >= 0.3 is 0 Å². The molecule has 1 aromatic rings. The molecule has 118 valence electrons. The molecule has 2 aliphatic rings. The van der Waals surface area contributed by atoms with Gasteiger partial charge in [0.05, 0.1) is 0 Å². The van der Waals surface area contributed by atoms with Gasteiger partial charge in [-0.25, -0.2) is 0 Å². The monoisotopic (exact) mass is 392 g/mol. The Hall–Kier alpha value is -0.100. The SMILES string of the molecule is Cl.O=C(CCc1cc(Br)cs1)N1CC[C@@H]2CNC[C@@H]2CC1. The van der Waals surface area contributed by atoms with E-state index in [4.69, 9.17) is 0 Å². The zero-order valence-electron chi connectivity index (χ0n) is 12.0. The van der Waals surface area contributed by atoms with E-state index in [0.717, 1.165) is 48.9 Å². The minimum absolute atomic E-state index is 0. The summed E-state index contributed by atoms with van der Waals surface area (Å²) in [4.78, 5) is 15.7. The second-order valence-corrected chi connectivity index (χ2v) is 7.78. The average molecular weight is 394 g/mol. The summed E-state index contributed by atoms with van der Waals surface area (Å²) in [5.74, 6) is 1.92. The minimum atomic E-state index is 0. The maximum absolute atomic E-state index is 12.4. The highest BCUT2D eigenvalue weighted by Crippen LogP contribution is 2.27. The van der Waals surface area contributed by atoms with E-state index >= 15 is 0 Å². The first-order valence-corrected chi connectivity index (χ1v) is 9.11. The first-order valence-electron chi connectivity index (χ1n) is 7.44. The molecule has 2 fully saturated rings. The number of halogens is 2. The van der Waals surface area contributed by atoms with Crippen LogP contribution in [0.3, 0.4) is 0 Å². The van der Waals surface area contributed by atoms with E-state index < -0.39 is 0 Å². The van der Waals surface area contributed by atoms with Gasteiger partial charge in [0.2, 0.25) is 5.91 Å². The van der Waals surface area contributed by atoms with Gasteiger partial charge in [-0.15, -0.1) is 23.7 Å². The molecule has 3 rings (SSSR count). The van der Waals surface area contributed by atoms with Crippen LogP contribution in [0.25, 0.3) is 0 Å². The Morgan fingerprint density at radius 1 is 1.33 bits per heavy atom. The number of hydrogen-bond acceptors (Lipinski definition) is 3. The number of hydrogen-bond donors (Lipinski definition) is 1.